The molecule has 280 valence electrons. The van der Waals surface area contributed by atoms with E-state index in [1.807, 2.05) is 0 Å². The molecule has 0 aromatic carbocycles. The lowest BCUT2D eigenvalue weighted by atomic mass is 10.1. The van der Waals surface area contributed by atoms with Crippen LogP contribution in [-0.4, -0.2) is 75.5 Å². The van der Waals surface area contributed by atoms with Gasteiger partial charge in [0.15, 0.2) is 6.10 Å². The van der Waals surface area contributed by atoms with Gasteiger partial charge in [-0.1, -0.05) is 102 Å². The molecule has 0 saturated heterocycles. The second-order valence-electron chi connectivity index (χ2n) is 14.2. The number of carbonyl (C=O) groups excluding carboxylic acids is 3. The Kier molecular flexibility index (Phi) is 30.6. The van der Waals surface area contributed by atoms with E-state index in [2.05, 4.69) is 38.2 Å². The van der Waals surface area contributed by atoms with Gasteiger partial charge in [-0.05, 0) is 64.2 Å². The summed E-state index contributed by atoms with van der Waals surface area (Å²) in [6.07, 6.45) is 31.9. The molecule has 0 aliphatic rings. The maximum absolute atomic E-state index is 12.6. The van der Waals surface area contributed by atoms with Gasteiger partial charge < -0.3 is 28.6 Å². The highest BCUT2D eigenvalue weighted by Crippen LogP contribution is 2.13. The first-order chi connectivity index (χ1) is 23.1. The van der Waals surface area contributed by atoms with E-state index in [1.165, 1.54) is 64.2 Å². The molecular formula is C40H73NO7. The lowest BCUT2D eigenvalue weighted by Crippen LogP contribution is -2.55. The number of nitrogens with zero attached hydrogens (tertiary/aromatic N) is 1. The first kappa shape index (κ1) is 45.8. The Morgan fingerprint density at radius 3 is 1.50 bits per heavy atom. The van der Waals surface area contributed by atoms with Crippen LogP contribution in [0.4, 0.5) is 0 Å². The molecule has 0 aromatic heterocycles. The maximum atomic E-state index is 12.6. The Morgan fingerprint density at radius 1 is 0.604 bits per heavy atom. The number of allylic oxidation sites excluding steroid dienone is 4. The number of aliphatic carboxylic acids is 1. The molecule has 8 nitrogen and oxygen atoms in total. The number of ether oxygens (including phenoxy) is 3. The van der Waals surface area contributed by atoms with Crippen molar-refractivity contribution in [2.45, 2.75) is 174 Å². The number of quaternary nitrogens is 1. The molecule has 0 aliphatic carbocycles. The molecule has 0 aromatic rings. The lowest BCUT2D eigenvalue weighted by Gasteiger charge is -2.34. The van der Waals surface area contributed by atoms with Gasteiger partial charge >= 0.3 is 11.9 Å². The Hall–Kier alpha value is -2.19. The predicted octanol–water partition coefficient (Wildman–Crippen LogP) is 8.41. The van der Waals surface area contributed by atoms with Gasteiger partial charge in [-0.25, -0.2) is 0 Å². The minimum Gasteiger partial charge on any atom is -0.544 e. The van der Waals surface area contributed by atoms with Gasteiger partial charge in [0.1, 0.15) is 12.6 Å². The summed E-state index contributed by atoms with van der Waals surface area (Å²) < 4.78 is 17.1. The van der Waals surface area contributed by atoms with E-state index in [0.29, 0.717) is 12.8 Å². The molecule has 0 amide bonds. The minimum atomic E-state index is -1.13. The molecule has 0 bridgehead atoms. The van der Waals surface area contributed by atoms with Gasteiger partial charge in [-0.2, -0.15) is 0 Å². The fraction of sp³-hybridized carbons (Fsp3) is 0.825. The zero-order chi connectivity index (χ0) is 35.7. The van der Waals surface area contributed by atoms with Gasteiger partial charge in [0, 0.05) is 19.3 Å². The number of carboxylic acid groups (broad SMARTS) is 1. The average Bonchev–Trinajstić information content (AvgIpc) is 3.03. The predicted molar refractivity (Wildman–Crippen MR) is 194 cm³/mol. The van der Waals surface area contributed by atoms with E-state index in [-0.39, 0.29) is 42.7 Å². The Bertz CT molecular complexity index is 849. The molecule has 0 aliphatic heterocycles. The summed E-state index contributed by atoms with van der Waals surface area (Å²) in [4.78, 5) is 36.6. The van der Waals surface area contributed by atoms with E-state index in [0.717, 1.165) is 64.2 Å². The van der Waals surface area contributed by atoms with Gasteiger partial charge in [-0.3, -0.25) is 9.59 Å². The number of hydrogen-bond donors (Lipinski definition) is 0. The number of rotatable bonds is 34. The van der Waals surface area contributed by atoms with Crippen molar-refractivity contribution in [1.82, 2.24) is 0 Å². The molecule has 0 saturated carbocycles. The second kappa shape index (κ2) is 32.0. The van der Waals surface area contributed by atoms with Crippen molar-refractivity contribution in [2.24, 2.45) is 0 Å². The standard InChI is InChI=1S/C40H73NO7/c1-6-8-10-12-14-16-18-20-22-24-26-28-30-38(42)47-35-36(34-46-33-32-37(40(44)45)41(3,4)5)48-39(43)31-29-27-25-23-21-19-17-15-13-11-9-7-2/h14-17,36-37H,6-13,18-35H2,1-5H3/b16-14-,17-15-. The number of unbranched alkanes of at least 4 members (excludes halogenated alkanes) is 16. The summed E-state index contributed by atoms with van der Waals surface area (Å²) in [6, 6.07) is -0.724. The van der Waals surface area contributed by atoms with Crippen molar-refractivity contribution < 1.29 is 38.2 Å². The van der Waals surface area contributed by atoms with Crippen LogP contribution in [0.3, 0.4) is 0 Å². The Balaban J connectivity index is 4.45. The van der Waals surface area contributed by atoms with Gasteiger partial charge in [0.2, 0.25) is 0 Å². The second-order valence-corrected chi connectivity index (χ2v) is 14.2. The highest BCUT2D eigenvalue weighted by Gasteiger charge is 2.25. The van der Waals surface area contributed by atoms with Gasteiger partial charge in [0.25, 0.3) is 0 Å². The highest BCUT2D eigenvalue weighted by molar-refractivity contribution is 5.70. The van der Waals surface area contributed by atoms with Crippen LogP contribution in [0.15, 0.2) is 24.3 Å². The summed E-state index contributed by atoms with van der Waals surface area (Å²) in [5, 5.41) is 11.6. The van der Waals surface area contributed by atoms with Crippen molar-refractivity contribution in [2.75, 3.05) is 41.0 Å². The molecule has 0 radical (unpaired) electrons. The normalized spacial score (nSPS) is 13.3. The smallest absolute Gasteiger partial charge is 0.306 e. The van der Waals surface area contributed by atoms with Crippen LogP contribution in [0.1, 0.15) is 162 Å². The van der Waals surface area contributed by atoms with Crippen LogP contribution in [-0.2, 0) is 28.6 Å². The van der Waals surface area contributed by atoms with E-state index in [4.69, 9.17) is 14.2 Å². The number of hydrogen-bond acceptors (Lipinski definition) is 7. The molecule has 0 rings (SSSR count). The molecule has 0 spiro atoms. The third-order valence-electron chi connectivity index (χ3n) is 8.56. The SMILES string of the molecule is CCCCC/C=C\CCCCCCCC(=O)OCC(COCCC(C(=O)[O-])[N+](C)(C)C)OC(=O)CCCCCCC/C=C\CCCCC. The molecule has 48 heavy (non-hydrogen) atoms. The quantitative estimate of drug-likeness (QED) is 0.0291. The zero-order valence-electron chi connectivity index (χ0n) is 31.7. The third-order valence-corrected chi connectivity index (χ3v) is 8.56. The third kappa shape index (κ3) is 29.9. The van der Waals surface area contributed by atoms with E-state index in [9.17, 15) is 19.5 Å². The minimum absolute atomic E-state index is 0.0366. The number of esters is 2. The summed E-state index contributed by atoms with van der Waals surface area (Å²) in [5.74, 6) is -1.76. The van der Waals surface area contributed by atoms with Gasteiger partial charge in [-0.15, -0.1) is 0 Å². The molecule has 2 unspecified atom stereocenters. The largest absolute Gasteiger partial charge is 0.544 e. The van der Waals surface area contributed by atoms with E-state index >= 15 is 0 Å². The van der Waals surface area contributed by atoms with Gasteiger partial charge in [0.05, 0.1) is 40.3 Å². The zero-order valence-corrected chi connectivity index (χ0v) is 31.7. The van der Waals surface area contributed by atoms with Crippen LogP contribution >= 0.6 is 0 Å². The topological polar surface area (TPSA) is 102 Å². The van der Waals surface area contributed by atoms with Crippen LogP contribution in [0.2, 0.25) is 0 Å². The molecular weight excluding hydrogens is 606 g/mol. The molecule has 8 heteroatoms. The number of carboxylic acids is 1. The first-order valence-electron chi connectivity index (χ1n) is 19.4. The number of carbonyl (C=O) groups is 3. The molecule has 0 N–H and O–H groups in total. The monoisotopic (exact) mass is 680 g/mol. The summed E-state index contributed by atoms with van der Waals surface area (Å²) in [7, 11) is 5.39. The first-order valence-corrected chi connectivity index (χ1v) is 19.4. The van der Waals surface area contributed by atoms with Crippen molar-refractivity contribution >= 4 is 17.9 Å². The maximum Gasteiger partial charge on any atom is 0.306 e. The average molecular weight is 680 g/mol. The summed E-state index contributed by atoms with van der Waals surface area (Å²) in [5.41, 5.74) is 0. The van der Waals surface area contributed by atoms with E-state index < -0.39 is 18.1 Å². The van der Waals surface area contributed by atoms with Crippen molar-refractivity contribution in [3.8, 4) is 0 Å². The molecule has 0 heterocycles. The Labute approximate surface area is 294 Å². The number of likely N-dealkylation sites (N-methyl/N-ethyl adjacent to an activating group) is 1. The van der Waals surface area contributed by atoms with Crippen LogP contribution in [0, 0.1) is 0 Å². The van der Waals surface area contributed by atoms with Crippen LogP contribution < -0.4 is 5.11 Å². The van der Waals surface area contributed by atoms with Crippen molar-refractivity contribution in [1.29, 1.82) is 0 Å². The fourth-order valence-corrected chi connectivity index (χ4v) is 5.47. The fourth-order valence-electron chi connectivity index (χ4n) is 5.47. The summed E-state index contributed by atoms with van der Waals surface area (Å²) >= 11 is 0. The lowest BCUT2D eigenvalue weighted by molar-refractivity contribution is -0.889. The van der Waals surface area contributed by atoms with E-state index in [1.54, 1.807) is 21.1 Å². The van der Waals surface area contributed by atoms with Crippen LogP contribution in [0.25, 0.3) is 0 Å². The molecule has 0 fully saturated rings. The van der Waals surface area contributed by atoms with Crippen molar-refractivity contribution in [3.05, 3.63) is 24.3 Å². The van der Waals surface area contributed by atoms with Crippen molar-refractivity contribution in [3.63, 3.8) is 0 Å². The Morgan fingerprint density at radius 2 is 1.04 bits per heavy atom. The highest BCUT2D eigenvalue weighted by atomic mass is 16.6. The van der Waals surface area contributed by atoms with Crippen LogP contribution in [0.5, 0.6) is 0 Å². The summed E-state index contributed by atoms with van der Waals surface area (Å²) in [6.45, 7) is 4.58. The molecule has 2 atom stereocenters.